The molecule has 2 bridgehead atoms. The highest BCUT2D eigenvalue weighted by molar-refractivity contribution is 5.80. The zero-order valence-electron chi connectivity index (χ0n) is 14.1. The molecule has 1 aromatic heterocycles. The maximum atomic E-state index is 11.0. The van der Waals surface area contributed by atoms with Crippen LogP contribution in [0.2, 0.25) is 0 Å². The van der Waals surface area contributed by atoms with E-state index in [0.29, 0.717) is 11.8 Å². The molecule has 0 saturated carbocycles. The van der Waals surface area contributed by atoms with Crippen molar-refractivity contribution in [1.29, 1.82) is 0 Å². The van der Waals surface area contributed by atoms with E-state index in [4.69, 9.17) is 4.74 Å². The Hall–Kier alpha value is -1.91. The van der Waals surface area contributed by atoms with Gasteiger partial charge in [-0.3, -0.25) is 9.88 Å². The van der Waals surface area contributed by atoms with Gasteiger partial charge in [0.15, 0.2) is 0 Å². The predicted molar refractivity (Wildman–Crippen MR) is 95.0 cm³/mol. The molecule has 0 spiro atoms. The van der Waals surface area contributed by atoms with Gasteiger partial charge in [-0.2, -0.15) is 0 Å². The van der Waals surface area contributed by atoms with Crippen LogP contribution in [0.15, 0.2) is 43.1 Å². The van der Waals surface area contributed by atoms with E-state index >= 15 is 0 Å². The normalized spacial score (nSPS) is 30.2. The smallest absolute Gasteiger partial charge is 0.119 e. The number of aliphatic hydroxyl groups excluding tert-OH is 1. The van der Waals surface area contributed by atoms with Crippen LogP contribution in [-0.2, 0) is 0 Å². The van der Waals surface area contributed by atoms with Crippen LogP contribution in [0, 0.1) is 11.8 Å². The fraction of sp³-hybridized carbons (Fsp3) is 0.450. The van der Waals surface area contributed by atoms with E-state index in [1.54, 1.807) is 7.11 Å². The number of benzene rings is 1. The number of methoxy groups -OCH3 is 1. The molecule has 5 rings (SSSR count). The van der Waals surface area contributed by atoms with Crippen molar-refractivity contribution in [2.24, 2.45) is 11.8 Å². The van der Waals surface area contributed by atoms with Gasteiger partial charge >= 0.3 is 0 Å². The summed E-state index contributed by atoms with van der Waals surface area (Å²) in [5.41, 5.74) is 1.81. The molecule has 0 radical (unpaired) electrons. The molecular formula is C20H24N2O2. The van der Waals surface area contributed by atoms with Crippen LogP contribution >= 0.6 is 0 Å². The first-order valence-corrected chi connectivity index (χ1v) is 8.68. The zero-order chi connectivity index (χ0) is 16.7. The number of aliphatic hydroxyl groups is 1. The Labute approximate surface area is 142 Å². The Morgan fingerprint density at radius 2 is 2.29 bits per heavy atom. The van der Waals surface area contributed by atoms with Crippen LogP contribution in [0.4, 0.5) is 0 Å². The lowest BCUT2D eigenvalue weighted by molar-refractivity contribution is -0.0449. The third kappa shape index (κ3) is 2.60. The zero-order valence-corrected chi connectivity index (χ0v) is 14.1. The van der Waals surface area contributed by atoms with Gasteiger partial charge in [0.1, 0.15) is 5.75 Å². The van der Waals surface area contributed by atoms with Gasteiger partial charge in [0.05, 0.1) is 18.7 Å². The van der Waals surface area contributed by atoms with Crippen molar-refractivity contribution >= 4 is 10.9 Å². The highest BCUT2D eigenvalue weighted by Gasteiger charge is 2.42. The highest BCUT2D eigenvalue weighted by Crippen LogP contribution is 2.41. The molecule has 24 heavy (non-hydrogen) atoms. The SMILES string of the molecule is C=CC1CN2CCC1CC2[C@@H](O)c1cnc2ccc(OC)cc2c1. The fourth-order valence-corrected chi connectivity index (χ4v) is 4.34. The molecule has 4 unspecified atom stereocenters. The number of hydrogen-bond donors (Lipinski definition) is 1. The molecule has 5 atom stereocenters. The lowest BCUT2D eigenvalue weighted by Crippen LogP contribution is -2.54. The van der Waals surface area contributed by atoms with Gasteiger partial charge in [-0.05, 0) is 55.5 Å². The largest absolute Gasteiger partial charge is 0.497 e. The van der Waals surface area contributed by atoms with Gasteiger partial charge in [0, 0.05) is 29.7 Å². The number of fused-ring (bicyclic) bond motifs is 4. The van der Waals surface area contributed by atoms with Crippen molar-refractivity contribution in [3.63, 3.8) is 0 Å². The first-order chi connectivity index (χ1) is 11.7. The number of hydrogen-bond acceptors (Lipinski definition) is 4. The number of nitrogens with zero attached hydrogens (tertiary/aromatic N) is 2. The highest BCUT2D eigenvalue weighted by atomic mass is 16.5. The van der Waals surface area contributed by atoms with Crippen molar-refractivity contribution in [2.45, 2.75) is 25.0 Å². The third-order valence-corrected chi connectivity index (χ3v) is 5.77. The average Bonchev–Trinajstić information content (AvgIpc) is 2.66. The summed E-state index contributed by atoms with van der Waals surface area (Å²) >= 11 is 0. The monoisotopic (exact) mass is 324 g/mol. The van der Waals surface area contributed by atoms with Gasteiger partial charge in [0.2, 0.25) is 0 Å². The molecule has 4 nitrogen and oxygen atoms in total. The Morgan fingerprint density at radius 1 is 1.42 bits per heavy atom. The van der Waals surface area contributed by atoms with E-state index < -0.39 is 6.10 Å². The van der Waals surface area contributed by atoms with Crippen LogP contribution in [0.3, 0.4) is 0 Å². The molecule has 0 aliphatic carbocycles. The Bertz CT molecular complexity index is 760. The first kappa shape index (κ1) is 15.6. The first-order valence-electron chi connectivity index (χ1n) is 8.68. The quantitative estimate of drug-likeness (QED) is 0.878. The Balaban J connectivity index is 1.61. The standard InChI is InChI=1S/C20H24N2O2/c1-3-13-12-22-7-6-14(13)10-19(22)20(23)16-8-15-9-17(24-2)4-5-18(15)21-11-16/h3-5,8-9,11,13-14,19-20,23H,1,6-7,10,12H2,2H3/t13?,14?,19?,20-/m0/s1. The number of piperidine rings is 3. The summed E-state index contributed by atoms with van der Waals surface area (Å²) in [5.74, 6) is 2.03. The predicted octanol–water partition coefficient (Wildman–Crippen LogP) is 3.17. The van der Waals surface area contributed by atoms with Crippen molar-refractivity contribution in [3.05, 3.63) is 48.7 Å². The lowest BCUT2D eigenvalue weighted by Gasteiger charge is -2.50. The van der Waals surface area contributed by atoms with Gasteiger partial charge in [-0.25, -0.2) is 0 Å². The van der Waals surface area contributed by atoms with E-state index in [1.807, 2.05) is 30.5 Å². The fourth-order valence-electron chi connectivity index (χ4n) is 4.34. The van der Waals surface area contributed by atoms with Gasteiger partial charge in [-0.1, -0.05) is 6.08 Å². The maximum absolute atomic E-state index is 11.0. The van der Waals surface area contributed by atoms with Crippen LogP contribution in [0.25, 0.3) is 10.9 Å². The van der Waals surface area contributed by atoms with Gasteiger partial charge in [0.25, 0.3) is 0 Å². The Morgan fingerprint density at radius 3 is 3.00 bits per heavy atom. The summed E-state index contributed by atoms with van der Waals surface area (Å²) in [6.07, 6.45) is 5.65. The molecule has 4 heterocycles. The van der Waals surface area contributed by atoms with E-state index in [-0.39, 0.29) is 6.04 Å². The summed E-state index contributed by atoms with van der Waals surface area (Å²) in [5, 5.41) is 12.0. The molecule has 1 N–H and O–H groups in total. The maximum Gasteiger partial charge on any atom is 0.119 e. The van der Waals surface area contributed by atoms with E-state index in [2.05, 4.69) is 22.5 Å². The molecule has 3 aliphatic heterocycles. The van der Waals surface area contributed by atoms with Crippen LogP contribution in [0.1, 0.15) is 24.5 Å². The van der Waals surface area contributed by atoms with Crippen molar-refractivity contribution in [3.8, 4) is 5.75 Å². The molecule has 3 saturated heterocycles. The van der Waals surface area contributed by atoms with Gasteiger partial charge in [-0.15, -0.1) is 6.58 Å². The summed E-state index contributed by atoms with van der Waals surface area (Å²) in [7, 11) is 1.66. The molecule has 0 amide bonds. The summed E-state index contributed by atoms with van der Waals surface area (Å²) in [6, 6.07) is 8.06. The van der Waals surface area contributed by atoms with Crippen molar-refractivity contribution in [2.75, 3.05) is 20.2 Å². The summed E-state index contributed by atoms with van der Waals surface area (Å²) in [4.78, 5) is 6.94. The van der Waals surface area contributed by atoms with Crippen LogP contribution in [0.5, 0.6) is 5.75 Å². The molecule has 3 aliphatic rings. The van der Waals surface area contributed by atoms with Crippen LogP contribution < -0.4 is 4.74 Å². The molecule has 4 heteroatoms. The number of pyridine rings is 1. The van der Waals surface area contributed by atoms with Crippen LogP contribution in [-0.4, -0.2) is 41.2 Å². The minimum absolute atomic E-state index is 0.185. The van der Waals surface area contributed by atoms with Crippen molar-refractivity contribution in [1.82, 2.24) is 9.88 Å². The molecule has 126 valence electrons. The summed E-state index contributed by atoms with van der Waals surface area (Å²) in [6.45, 7) is 6.06. The second-order valence-electron chi connectivity index (χ2n) is 7.02. The molecule has 1 aromatic carbocycles. The van der Waals surface area contributed by atoms with E-state index in [1.165, 1.54) is 6.42 Å². The van der Waals surface area contributed by atoms with E-state index in [9.17, 15) is 5.11 Å². The lowest BCUT2D eigenvalue weighted by atomic mass is 9.74. The Kier molecular flexibility index (Phi) is 4.02. The van der Waals surface area contributed by atoms with Crippen molar-refractivity contribution < 1.29 is 9.84 Å². The van der Waals surface area contributed by atoms with Gasteiger partial charge < -0.3 is 9.84 Å². The van der Waals surface area contributed by atoms with E-state index in [0.717, 1.165) is 41.7 Å². The molecule has 2 aromatic rings. The minimum Gasteiger partial charge on any atom is -0.497 e. The minimum atomic E-state index is -0.498. The average molecular weight is 324 g/mol. The number of aromatic nitrogens is 1. The number of ether oxygens (including phenoxy) is 1. The second-order valence-corrected chi connectivity index (χ2v) is 7.02. The summed E-state index contributed by atoms with van der Waals surface area (Å²) < 4.78 is 5.30. The molecule has 3 fully saturated rings. The number of rotatable bonds is 4. The topological polar surface area (TPSA) is 45.6 Å². The third-order valence-electron chi connectivity index (χ3n) is 5.77. The molecular weight excluding hydrogens is 300 g/mol. The second kappa shape index (κ2) is 6.19.